The number of hydrogen-bond donors (Lipinski definition) is 0. The van der Waals surface area contributed by atoms with E-state index in [4.69, 9.17) is 0 Å². The van der Waals surface area contributed by atoms with Crippen LogP contribution >= 0.6 is 0 Å². The molecular weight excluding hydrogens is 360 g/mol. The molecule has 0 amide bonds. The Morgan fingerprint density at radius 2 is 1.57 bits per heavy atom. The first kappa shape index (κ1) is 18.9. The van der Waals surface area contributed by atoms with Gasteiger partial charge in [-0.25, -0.2) is 0 Å². The fourth-order valence-electron chi connectivity index (χ4n) is 4.52. The van der Waals surface area contributed by atoms with Gasteiger partial charge in [-0.15, -0.1) is 0 Å². The SMILES string of the molecule is CC(C)(C)C1=CCC(C2=c3ccccc3=c3ccc(=CCc4ccccc4)[c]c32)=C1. The molecule has 0 saturated heterocycles. The van der Waals surface area contributed by atoms with Crippen LogP contribution in [-0.4, -0.2) is 0 Å². The molecule has 0 fully saturated rings. The average molecular weight is 388 g/mol. The van der Waals surface area contributed by atoms with Gasteiger partial charge in [0.2, 0.25) is 0 Å². The van der Waals surface area contributed by atoms with Crippen molar-refractivity contribution in [3.05, 3.63) is 128 Å². The van der Waals surface area contributed by atoms with Crippen LogP contribution in [0.4, 0.5) is 0 Å². The molecule has 5 rings (SSSR count). The smallest absolute Gasteiger partial charge is 0.00111 e. The summed E-state index contributed by atoms with van der Waals surface area (Å²) in [5.74, 6) is 0. The number of hydrogen-bond acceptors (Lipinski definition) is 0. The van der Waals surface area contributed by atoms with Gasteiger partial charge in [-0.3, -0.25) is 0 Å². The highest BCUT2D eigenvalue weighted by atomic mass is 14.3. The minimum Gasteiger partial charge on any atom is -0.0763 e. The van der Waals surface area contributed by atoms with Gasteiger partial charge >= 0.3 is 0 Å². The summed E-state index contributed by atoms with van der Waals surface area (Å²) in [6, 6.07) is 27.7. The van der Waals surface area contributed by atoms with Crippen molar-refractivity contribution in [2.45, 2.75) is 33.6 Å². The lowest BCUT2D eigenvalue weighted by Crippen LogP contribution is -2.08. The van der Waals surface area contributed by atoms with E-state index in [1.165, 1.54) is 48.7 Å². The van der Waals surface area contributed by atoms with Crippen molar-refractivity contribution in [2.75, 3.05) is 0 Å². The van der Waals surface area contributed by atoms with Crippen LogP contribution in [0.15, 0.2) is 90.0 Å². The molecule has 1 radical (unpaired) electrons. The first-order valence-electron chi connectivity index (χ1n) is 10.8. The molecule has 0 unspecified atom stereocenters. The standard InChI is InChI=1S/C30H27/c1-30(2,3)24-17-16-23(20-24)29-27-12-8-7-11-25(27)26-18-15-22(19-28(26)29)14-13-21-9-5-4-6-10-21/h4-12,14-15,17-18,20H,13,16H2,1-3H3. The van der Waals surface area contributed by atoms with Gasteiger partial charge in [0.25, 0.3) is 0 Å². The molecule has 0 N–H and O–H groups in total. The molecule has 0 spiro atoms. The maximum absolute atomic E-state index is 3.77. The highest BCUT2D eigenvalue weighted by molar-refractivity contribution is 5.83. The van der Waals surface area contributed by atoms with Gasteiger partial charge in [0, 0.05) is 0 Å². The highest BCUT2D eigenvalue weighted by Crippen LogP contribution is 2.37. The molecule has 2 aliphatic rings. The summed E-state index contributed by atoms with van der Waals surface area (Å²) in [5, 5.41) is 5.16. The Morgan fingerprint density at radius 1 is 0.833 bits per heavy atom. The molecule has 30 heavy (non-hydrogen) atoms. The second-order valence-electron chi connectivity index (χ2n) is 9.30. The third kappa shape index (κ3) is 3.37. The van der Waals surface area contributed by atoms with Crippen molar-refractivity contribution >= 4 is 11.6 Å². The van der Waals surface area contributed by atoms with Crippen LogP contribution in [0.5, 0.6) is 0 Å². The van der Waals surface area contributed by atoms with E-state index in [2.05, 4.69) is 112 Å². The zero-order chi connectivity index (χ0) is 20.7. The minimum absolute atomic E-state index is 0.179. The third-order valence-electron chi connectivity index (χ3n) is 6.16. The summed E-state index contributed by atoms with van der Waals surface area (Å²) in [6.45, 7) is 6.88. The van der Waals surface area contributed by atoms with Gasteiger partial charge in [0.15, 0.2) is 0 Å². The summed E-state index contributed by atoms with van der Waals surface area (Å²) >= 11 is 0. The van der Waals surface area contributed by atoms with E-state index in [-0.39, 0.29) is 5.41 Å². The lowest BCUT2D eigenvalue weighted by atomic mass is 9.87. The first-order chi connectivity index (χ1) is 14.5. The van der Waals surface area contributed by atoms with E-state index in [9.17, 15) is 0 Å². The molecule has 0 atom stereocenters. The predicted molar refractivity (Wildman–Crippen MR) is 126 cm³/mol. The molecule has 0 heterocycles. The Morgan fingerprint density at radius 3 is 2.30 bits per heavy atom. The molecule has 3 aromatic carbocycles. The van der Waals surface area contributed by atoms with Gasteiger partial charge < -0.3 is 0 Å². The van der Waals surface area contributed by atoms with Crippen LogP contribution in [0.25, 0.3) is 11.6 Å². The lowest BCUT2D eigenvalue weighted by molar-refractivity contribution is 0.518. The molecule has 2 aliphatic carbocycles. The largest absolute Gasteiger partial charge is 0.0763 e. The van der Waals surface area contributed by atoms with Crippen molar-refractivity contribution in [3.8, 4) is 0 Å². The van der Waals surface area contributed by atoms with E-state index in [0.717, 1.165) is 12.8 Å². The average Bonchev–Trinajstić information content (AvgIpc) is 3.35. The van der Waals surface area contributed by atoms with E-state index in [1.54, 1.807) is 0 Å². The van der Waals surface area contributed by atoms with E-state index in [1.807, 2.05) is 0 Å². The van der Waals surface area contributed by atoms with Crippen LogP contribution in [0, 0.1) is 21.9 Å². The van der Waals surface area contributed by atoms with Crippen LogP contribution in [-0.2, 0) is 6.42 Å². The fraction of sp³-hybridized carbons (Fsp3) is 0.200. The summed E-state index contributed by atoms with van der Waals surface area (Å²) in [6.07, 6.45) is 9.03. The van der Waals surface area contributed by atoms with Gasteiger partial charge in [0.05, 0.1) is 0 Å². The molecule has 0 aliphatic heterocycles. The second-order valence-corrected chi connectivity index (χ2v) is 9.30. The van der Waals surface area contributed by atoms with Crippen molar-refractivity contribution < 1.29 is 0 Å². The zero-order valence-electron chi connectivity index (χ0n) is 18.0. The summed E-state index contributed by atoms with van der Waals surface area (Å²) in [5.41, 5.74) is 6.98. The fourth-order valence-corrected chi connectivity index (χ4v) is 4.52. The predicted octanol–water partition coefficient (Wildman–Crippen LogP) is 5.61. The Balaban J connectivity index is 1.64. The Hall–Kier alpha value is -3.12. The molecule has 0 nitrogen and oxygen atoms in total. The van der Waals surface area contributed by atoms with Gasteiger partial charge in [-0.05, 0) is 73.0 Å². The van der Waals surface area contributed by atoms with E-state index in [0.29, 0.717) is 0 Å². The van der Waals surface area contributed by atoms with Gasteiger partial charge in [0.1, 0.15) is 0 Å². The van der Waals surface area contributed by atoms with Gasteiger partial charge in [-0.1, -0.05) is 106 Å². The van der Waals surface area contributed by atoms with Crippen LogP contribution in [0.1, 0.15) is 38.3 Å². The molecule has 0 saturated carbocycles. The van der Waals surface area contributed by atoms with Crippen molar-refractivity contribution in [2.24, 2.45) is 5.41 Å². The number of benzene rings is 3. The molecule has 3 aromatic rings. The van der Waals surface area contributed by atoms with E-state index < -0.39 is 0 Å². The monoisotopic (exact) mass is 387 g/mol. The molecule has 0 aromatic heterocycles. The molecule has 147 valence electrons. The van der Waals surface area contributed by atoms with Crippen LogP contribution < -0.4 is 10.4 Å². The number of allylic oxidation sites excluding steroid dienone is 4. The minimum atomic E-state index is 0.179. The Labute approximate surface area is 178 Å². The Bertz CT molecular complexity index is 1390. The zero-order valence-corrected chi connectivity index (χ0v) is 18.0. The molecular formula is C30H27. The lowest BCUT2D eigenvalue weighted by Gasteiger charge is -2.18. The summed E-state index contributed by atoms with van der Waals surface area (Å²) < 4.78 is 0. The summed E-state index contributed by atoms with van der Waals surface area (Å²) in [7, 11) is 0. The summed E-state index contributed by atoms with van der Waals surface area (Å²) in [4.78, 5) is 0. The normalized spacial score (nSPS) is 15.7. The van der Waals surface area contributed by atoms with Crippen LogP contribution in [0.3, 0.4) is 0 Å². The van der Waals surface area contributed by atoms with Gasteiger partial charge in [-0.2, -0.15) is 0 Å². The van der Waals surface area contributed by atoms with Crippen molar-refractivity contribution in [1.29, 1.82) is 0 Å². The topological polar surface area (TPSA) is 0 Å². The highest BCUT2D eigenvalue weighted by Gasteiger charge is 2.23. The molecule has 0 bridgehead atoms. The maximum Gasteiger partial charge on any atom is -0.00111 e. The quantitative estimate of drug-likeness (QED) is 0.548. The molecule has 0 heteroatoms. The Kier molecular flexibility index (Phi) is 4.59. The maximum atomic E-state index is 3.77. The number of fused-ring (bicyclic) bond motifs is 2. The van der Waals surface area contributed by atoms with Crippen molar-refractivity contribution in [1.82, 2.24) is 0 Å². The van der Waals surface area contributed by atoms with Crippen LogP contribution in [0.2, 0.25) is 0 Å². The van der Waals surface area contributed by atoms with Crippen molar-refractivity contribution in [3.63, 3.8) is 0 Å². The number of rotatable bonds is 3. The van der Waals surface area contributed by atoms with E-state index >= 15 is 0 Å². The third-order valence-corrected chi connectivity index (χ3v) is 6.16. The first-order valence-corrected chi connectivity index (χ1v) is 10.8. The second kappa shape index (κ2) is 7.29.